The largest absolute Gasteiger partial charge is 0.297 e. The number of aromatic nitrogens is 3. The Morgan fingerprint density at radius 3 is 2.92 bits per heavy atom. The van der Waals surface area contributed by atoms with Gasteiger partial charge >= 0.3 is 0 Å². The van der Waals surface area contributed by atoms with Crippen LogP contribution < -0.4 is 0 Å². The van der Waals surface area contributed by atoms with E-state index >= 15 is 0 Å². The molecule has 0 aliphatic carbocycles. The molecule has 7 heteroatoms. The van der Waals surface area contributed by atoms with E-state index in [0.29, 0.717) is 16.3 Å². The van der Waals surface area contributed by atoms with Crippen LogP contribution in [0.5, 0.6) is 0 Å². The summed E-state index contributed by atoms with van der Waals surface area (Å²) in [5, 5.41) is 0.415. The molecule has 3 aromatic rings. The third-order valence-corrected chi connectivity index (χ3v) is 5.43. The smallest absolute Gasteiger partial charge is 0.176 e. The number of ketones is 1. The van der Waals surface area contributed by atoms with Crippen molar-refractivity contribution in [1.29, 1.82) is 0 Å². The zero-order valence-corrected chi connectivity index (χ0v) is 15.7. The van der Waals surface area contributed by atoms with E-state index in [2.05, 4.69) is 30.8 Å². The highest BCUT2D eigenvalue weighted by Gasteiger charge is 2.31. The maximum Gasteiger partial charge on any atom is 0.176 e. The number of likely N-dealkylation sites (tertiary alicyclic amines) is 1. The summed E-state index contributed by atoms with van der Waals surface area (Å²) in [6, 6.07) is 9.51. The monoisotopic (exact) mass is 418 g/mol. The van der Waals surface area contributed by atoms with E-state index in [4.69, 9.17) is 11.6 Å². The molecule has 3 heterocycles. The molecule has 4 rings (SSSR count). The van der Waals surface area contributed by atoms with Gasteiger partial charge in [-0.15, -0.1) is 0 Å². The summed E-state index contributed by atoms with van der Waals surface area (Å²) in [5.74, 6) is 1.02. The minimum atomic E-state index is 0.0879. The van der Waals surface area contributed by atoms with Crippen molar-refractivity contribution in [3.63, 3.8) is 0 Å². The summed E-state index contributed by atoms with van der Waals surface area (Å²) in [7, 11) is 0. The molecule has 1 aliphatic heterocycles. The summed E-state index contributed by atoms with van der Waals surface area (Å²) in [4.78, 5) is 23.6. The molecule has 0 bridgehead atoms. The number of hydrogen-bond acceptors (Lipinski definition) is 4. The van der Waals surface area contributed by atoms with Crippen LogP contribution in [0.3, 0.4) is 0 Å². The van der Waals surface area contributed by atoms with Crippen molar-refractivity contribution in [3.05, 3.63) is 63.9 Å². The maximum absolute atomic E-state index is 12.6. The van der Waals surface area contributed by atoms with E-state index < -0.39 is 0 Å². The van der Waals surface area contributed by atoms with E-state index in [9.17, 15) is 4.79 Å². The van der Waals surface area contributed by atoms with Crippen molar-refractivity contribution in [2.24, 2.45) is 0 Å². The first-order valence-corrected chi connectivity index (χ1v) is 9.32. The Kier molecular flexibility index (Phi) is 4.58. The van der Waals surface area contributed by atoms with Crippen molar-refractivity contribution >= 4 is 38.8 Å². The maximum atomic E-state index is 12.6. The second kappa shape index (κ2) is 6.86. The summed E-state index contributed by atoms with van der Waals surface area (Å²) in [6.45, 7) is 1.27. The Bertz CT molecular complexity index is 927. The van der Waals surface area contributed by atoms with Gasteiger partial charge in [0.25, 0.3) is 0 Å². The first-order chi connectivity index (χ1) is 12.1. The average molecular weight is 420 g/mol. The topological polar surface area (TPSA) is 50.5 Å². The molecule has 1 aromatic carbocycles. The van der Waals surface area contributed by atoms with Gasteiger partial charge in [0, 0.05) is 18.0 Å². The lowest BCUT2D eigenvalue weighted by atomic mass is 10.1. The molecule has 0 radical (unpaired) electrons. The summed E-state index contributed by atoms with van der Waals surface area (Å²) < 4.78 is 2.65. The molecule has 128 valence electrons. The van der Waals surface area contributed by atoms with Crippen LogP contribution >= 0.6 is 27.5 Å². The Morgan fingerprint density at radius 2 is 2.12 bits per heavy atom. The van der Waals surface area contributed by atoms with E-state index in [1.165, 1.54) is 0 Å². The first-order valence-electron chi connectivity index (χ1n) is 8.15. The van der Waals surface area contributed by atoms with Gasteiger partial charge in [-0.3, -0.25) is 14.1 Å². The summed E-state index contributed by atoms with van der Waals surface area (Å²) in [5.41, 5.74) is 1.51. The molecule has 1 saturated heterocycles. The zero-order chi connectivity index (χ0) is 17.4. The van der Waals surface area contributed by atoms with E-state index in [-0.39, 0.29) is 11.8 Å². The van der Waals surface area contributed by atoms with Gasteiger partial charge in [-0.2, -0.15) is 0 Å². The Hall–Kier alpha value is -1.76. The van der Waals surface area contributed by atoms with Gasteiger partial charge in [-0.05, 0) is 35.3 Å². The fourth-order valence-electron chi connectivity index (χ4n) is 3.43. The molecule has 5 nitrogen and oxygen atoms in total. The molecule has 0 saturated carbocycles. The fourth-order valence-corrected chi connectivity index (χ4v) is 4.34. The highest BCUT2D eigenvalue weighted by Crippen LogP contribution is 2.35. The van der Waals surface area contributed by atoms with Crippen molar-refractivity contribution in [2.75, 3.05) is 13.1 Å². The lowest BCUT2D eigenvalue weighted by Crippen LogP contribution is -2.30. The predicted octanol–water partition coefficient (Wildman–Crippen LogP) is 4.17. The van der Waals surface area contributed by atoms with E-state index in [1.807, 2.05) is 40.9 Å². The SMILES string of the molecule is O=C(CN1CCC[C@H]1c1nc(Br)c2c(Cl)nccn12)c1ccccc1. The molecular weight excluding hydrogens is 404 g/mol. The lowest BCUT2D eigenvalue weighted by molar-refractivity contribution is 0.0919. The normalized spacial score (nSPS) is 18.1. The molecule has 0 spiro atoms. The van der Waals surface area contributed by atoms with Crippen molar-refractivity contribution in [3.8, 4) is 0 Å². The summed E-state index contributed by atoms with van der Waals surface area (Å²) in [6.07, 6.45) is 5.54. The van der Waals surface area contributed by atoms with Crippen LogP contribution in [0.15, 0.2) is 47.3 Å². The van der Waals surface area contributed by atoms with Crippen molar-refractivity contribution < 1.29 is 4.79 Å². The molecule has 0 amide bonds. The van der Waals surface area contributed by atoms with Crippen LogP contribution in [0.1, 0.15) is 35.1 Å². The molecule has 2 aromatic heterocycles. The molecule has 1 atom stereocenters. The fraction of sp³-hybridized carbons (Fsp3) is 0.278. The zero-order valence-electron chi connectivity index (χ0n) is 13.4. The number of carbonyl (C=O) groups is 1. The van der Waals surface area contributed by atoms with Crippen LogP contribution in [-0.2, 0) is 0 Å². The summed E-state index contributed by atoms with van der Waals surface area (Å²) >= 11 is 9.69. The second-order valence-corrected chi connectivity index (χ2v) is 7.22. The van der Waals surface area contributed by atoms with Gasteiger partial charge in [0.05, 0.1) is 12.6 Å². The van der Waals surface area contributed by atoms with Gasteiger partial charge < -0.3 is 0 Å². The Labute approximate surface area is 158 Å². The number of Topliss-reactive ketones (excluding diaryl/α,β-unsaturated/α-hetero) is 1. The van der Waals surface area contributed by atoms with Crippen molar-refractivity contribution in [2.45, 2.75) is 18.9 Å². The number of benzene rings is 1. The standard InChI is InChI=1S/C18H16BrClN4O/c19-16-15-17(20)21-8-10-24(15)18(22-16)13-7-4-9-23(13)11-14(25)12-5-2-1-3-6-12/h1-3,5-6,8,10,13H,4,7,9,11H2/t13-/m0/s1. The first kappa shape index (κ1) is 16.7. The lowest BCUT2D eigenvalue weighted by Gasteiger charge is -2.22. The molecule has 1 aliphatic rings. The van der Waals surface area contributed by atoms with Crippen LogP contribution in [0.4, 0.5) is 0 Å². The van der Waals surface area contributed by atoms with Gasteiger partial charge in [-0.1, -0.05) is 41.9 Å². The number of nitrogens with zero attached hydrogens (tertiary/aromatic N) is 4. The highest BCUT2D eigenvalue weighted by molar-refractivity contribution is 9.10. The molecule has 0 N–H and O–H groups in total. The van der Waals surface area contributed by atoms with E-state index in [1.54, 1.807) is 6.20 Å². The number of halogens is 2. The number of hydrogen-bond donors (Lipinski definition) is 0. The Morgan fingerprint density at radius 1 is 1.32 bits per heavy atom. The van der Waals surface area contributed by atoms with Gasteiger partial charge in [0.15, 0.2) is 10.9 Å². The van der Waals surface area contributed by atoms with Gasteiger partial charge in [-0.25, -0.2) is 9.97 Å². The third kappa shape index (κ3) is 3.10. The quantitative estimate of drug-likeness (QED) is 0.596. The predicted molar refractivity (Wildman–Crippen MR) is 100 cm³/mol. The minimum Gasteiger partial charge on any atom is -0.297 e. The Balaban J connectivity index is 1.64. The number of imidazole rings is 1. The highest BCUT2D eigenvalue weighted by atomic mass is 79.9. The van der Waals surface area contributed by atoms with Gasteiger partial charge in [0.2, 0.25) is 0 Å². The number of fused-ring (bicyclic) bond motifs is 1. The third-order valence-electron chi connectivity index (χ3n) is 4.60. The van der Waals surface area contributed by atoms with E-state index in [0.717, 1.165) is 36.3 Å². The second-order valence-electron chi connectivity index (χ2n) is 6.12. The minimum absolute atomic E-state index is 0.0879. The van der Waals surface area contributed by atoms with Crippen molar-refractivity contribution in [1.82, 2.24) is 19.3 Å². The van der Waals surface area contributed by atoms with Crippen LogP contribution in [0, 0.1) is 0 Å². The molecule has 25 heavy (non-hydrogen) atoms. The van der Waals surface area contributed by atoms with Crippen LogP contribution in [0.2, 0.25) is 5.15 Å². The molecule has 1 fully saturated rings. The number of carbonyl (C=O) groups excluding carboxylic acids is 1. The number of rotatable bonds is 4. The van der Waals surface area contributed by atoms with Crippen LogP contribution in [-0.4, -0.2) is 38.1 Å². The average Bonchev–Trinajstić information content (AvgIpc) is 3.20. The van der Waals surface area contributed by atoms with Gasteiger partial charge in [0.1, 0.15) is 15.9 Å². The molecular formula is C18H16BrClN4O. The molecule has 0 unspecified atom stereocenters. The van der Waals surface area contributed by atoms with Crippen LogP contribution in [0.25, 0.3) is 5.52 Å².